The van der Waals surface area contributed by atoms with Crippen molar-refractivity contribution < 1.29 is 12.8 Å². The van der Waals surface area contributed by atoms with Crippen LogP contribution < -0.4 is 10.0 Å². The highest BCUT2D eigenvalue weighted by atomic mass is 35.5. The lowest BCUT2D eigenvalue weighted by Crippen LogP contribution is -2.11. The molecule has 0 aromatic heterocycles. The minimum absolute atomic E-state index is 0.0846. The van der Waals surface area contributed by atoms with E-state index in [0.717, 1.165) is 11.8 Å². The van der Waals surface area contributed by atoms with Gasteiger partial charge in [-0.3, -0.25) is 4.72 Å². The number of rotatable bonds is 5. The van der Waals surface area contributed by atoms with E-state index < -0.39 is 15.8 Å². The van der Waals surface area contributed by atoms with E-state index in [9.17, 15) is 12.8 Å². The molecule has 0 aliphatic carbocycles. The van der Waals surface area contributed by atoms with Gasteiger partial charge in [-0.15, -0.1) is 0 Å². The average Bonchev–Trinajstić information content (AvgIpc) is 2.40. The van der Waals surface area contributed by atoms with E-state index in [-0.39, 0.29) is 5.69 Å². The Hall–Kier alpha value is -1.79. The van der Waals surface area contributed by atoms with Crippen molar-refractivity contribution in [3.8, 4) is 0 Å². The second kappa shape index (κ2) is 6.32. The SMILES string of the molecule is CS(=O)(=O)Nc1cc(NCc2ccc(Cl)cc2)ccc1F. The first-order valence-electron chi connectivity index (χ1n) is 6.09. The first-order chi connectivity index (χ1) is 9.83. The van der Waals surface area contributed by atoms with Crippen LogP contribution in [0.1, 0.15) is 5.56 Å². The van der Waals surface area contributed by atoms with Crippen molar-refractivity contribution in [3.05, 3.63) is 58.9 Å². The zero-order valence-corrected chi connectivity index (χ0v) is 12.8. The summed E-state index contributed by atoms with van der Waals surface area (Å²) in [5, 5.41) is 3.74. The molecule has 7 heteroatoms. The molecule has 2 aromatic carbocycles. The maximum Gasteiger partial charge on any atom is 0.229 e. The predicted octanol–water partition coefficient (Wildman–Crippen LogP) is 3.46. The summed E-state index contributed by atoms with van der Waals surface area (Å²) in [6.07, 6.45) is 0.972. The van der Waals surface area contributed by atoms with Crippen LogP contribution in [0.2, 0.25) is 5.02 Å². The molecule has 0 fully saturated rings. The van der Waals surface area contributed by atoms with E-state index >= 15 is 0 Å². The zero-order chi connectivity index (χ0) is 15.5. The molecule has 2 rings (SSSR count). The van der Waals surface area contributed by atoms with Crippen molar-refractivity contribution in [1.29, 1.82) is 0 Å². The van der Waals surface area contributed by atoms with Crippen LogP contribution in [0.5, 0.6) is 0 Å². The Bertz CT molecular complexity index is 733. The molecule has 112 valence electrons. The molecule has 0 amide bonds. The predicted molar refractivity (Wildman–Crippen MR) is 83.6 cm³/mol. The Morgan fingerprint density at radius 1 is 1.14 bits per heavy atom. The summed E-state index contributed by atoms with van der Waals surface area (Å²) in [6.45, 7) is 0.515. The molecule has 4 nitrogen and oxygen atoms in total. The fourth-order valence-electron chi connectivity index (χ4n) is 1.72. The minimum Gasteiger partial charge on any atom is -0.381 e. The monoisotopic (exact) mass is 328 g/mol. The number of halogens is 2. The number of benzene rings is 2. The molecule has 0 saturated carbocycles. The summed E-state index contributed by atoms with van der Waals surface area (Å²) in [7, 11) is -3.52. The number of sulfonamides is 1. The maximum absolute atomic E-state index is 13.5. The van der Waals surface area contributed by atoms with Gasteiger partial charge in [0.25, 0.3) is 0 Å². The molecule has 0 radical (unpaired) electrons. The molecule has 0 heterocycles. The molecule has 2 aromatic rings. The highest BCUT2D eigenvalue weighted by Crippen LogP contribution is 2.21. The largest absolute Gasteiger partial charge is 0.381 e. The molecule has 0 unspecified atom stereocenters. The third-order valence-corrected chi connectivity index (χ3v) is 3.51. The molecular weight excluding hydrogens is 315 g/mol. The summed E-state index contributed by atoms with van der Waals surface area (Å²) in [5.41, 5.74) is 1.53. The lowest BCUT2D eigenvalue weighted by Gasteiger charge is -2.10. The van der Waals surface area contributed by atoms with E-state index in [0.29, 0.717) is 17.3 Å². The van der Waals surface area contributed by atoms with E-state index in [2.05, 4.69) is 10.0 Å². The smallest absolute Gasteiger partial charge is 0.229 e. The van der Waals surface area contributed by atoms with Crippen LogP contribution in [0, 0.1) is 5.82 Å². The number of nitrogens with one attached hydrogen (secondary N) is 2. The van der Waals surface area contributed by atoms with Gasteiger partial charge >= 0.3 is 0 Å². The van der Waals surface area contributed by atoms with Gasteiger partial charge in [-0.2, -0.15) is 0 Å². The van der Waals surface area contributed by atoms with E-state index in [1.54, 1.807) is 18.2 Å². The van der Waals surface area contributed by atoms with E-state index in [1.807, 2.05) is 12.1 Å². The van der Waals surface area contributed by atoms with Crippen molar-refractivity contribution in [2.45, 2.75) is 6.54 Å². The quantitative estimate of drug-likeness (QED) is 0.883. The third-order valence-electron chi connectivity index (χ3n) is 2.67. The molecule has 2 N–H and O–H groups in total. The zero-order valence-electron chi connectivity index (χ0n) is 11.2. The van der Waals surface area contributed by atoms with Gasteiger partial charge in [0.15, 0.2) is 0 Å². The van der Waals surface area contributed by atoms with Crippen LogP contribution in [0.25, 0.3) is 0 Å². The molecule has 21 heavy (non-hydrogen) atoms. The van der Waals surface area contributed by atoms with Gasteiger partial charge in [0, 0.05) is 17.3 Å². The fourth-order valence-corrected chi connectivity index (χ4v) is 2.40. The van der Waals surface area contributed by atoms with Gasteiger partial charge in [0.1, 0.15) is 5.82 Å². The van der Waals surface area contributed by atoms with Gasteiger partial charge in [0.05, 0.1) is 11.9 Å². The molecule has 0 bridgehead atoms. The second-order valence-electron chi connectivity index (χ2n) is 4.55. The first kappa shape index (κ1) is 15.6. The molecule has 0 atom stereocenters. The van der Waals surface area contributed by atoms with Crippen LogP contribution in [-0.2, 0) is 16.6 Å². The fraction of sp³-hybridized carbons (Fsp3) is 0.143. The second-order valence-corrected chi connectivity index (χ2v) is 6.73. The standard InChI is InChI=1S/C14H14ClFN2O2S/c1-21(19,20)18-14-8-12(6-7-13(14)16)17-9-10-2-4-11(15)5-3-10/h2-8,17-18H,9H2,1H3. The Morgan fingerprint density at radius 2 is 1.81 bits per heavy atom. The summed E-state index contributed by atoms with van der Waals surface area (Å²) >= 11 is 5.80. The molecule has 0 spiro atoms. The molecule has 0 aliphatic heterocycles. The Labute approximate surface area is 128 Å². The summed E-state index contributed by atoms with van der Waals surface area (Å²) in [5.74, 6) is -0.627. The van der Waals surface area contributed by atoms with Crippen molar-refractivity contribution >= 4 is 33.0 Å². The van der Waals surface area contributed by atoms with E-state index in [1.165, 1.54) is 12.1 Å². The lowest BCUT2D eigenvalue weighted by atomic mass is 10.2. The molecule has 0 saturated heterocycles. The Morgan fingerprint density at radius 3 is 2.43 bits per heavy atom. The van der Waals surface area contributed by atoms with Crippen LogP contribution in [0.4, 0.5) is 15.8 Å². The van der Waals surface area contributed by atoms with E-state index in [4.69, 9.17) is 11.6 Å². The van der Waals surface area contributed by atoms with Gasteiger partial charge in [-0.05, 0) is 35.9 Å². The molecule has 0 aliphatic rings. The average molecular weight is 329 g/mol. The Balaban J connectivity index is 2.10. The first-order valence-corrected chi connectivity index (χ1v) is 8.36. The summed E-state index contributed by atoms with van der Waals surface area (Å²) < 4.78 is 38.0. The van der Waals surface area contributed by atoms with Crippen LogP contribution in [0.3, 0.4) is 0 Å². The summed E-state index contributed by atoms with van der Waals surface area (Å²) in [6, 6.07) is 11.4. The van der Waals surface area contributed by atoms with Crippen molar-refractivity contribution in [1.82, 2.24) is 0 Å². The van der Waals surface area contributed by atoms with Crippen molar-refractivity contribution in [2.75, 3.05) is 16.3 Å². The lowest BCUT2D eigenvalue weighted by molar-refractivity contribution is 0.604. The van der Waals surface area contributed by atoms with Crippen molar-refractivity contribution in [3.63, 3.8) is 0 Å². The van der Waals surface area contributed by atoms with Gasteiger partial charge in [-0.1, -0.05) is 23.7 Å². The maximum atomic E-state index is 13.5. The van der Waals surface area contributed by atoms with Crippen LogP contribution in [0.15, 0.2) is 42.5 Å². The Kier molecular flexibility index (Phi) is 4.69. The van der Waals surface area contributed by atoms with Crippen molar-refractivity contribution in [2.24, 2.45) is 0 Å². The highest BCUT2D eigenvalue weighted by Gasteiger charge is 2.08. The number of hydrogen-bond acceptors (Lipinski definition) is 3. The normalized spacial score (nSPS) is 11.2. The number of hydrogen-bond donors (Lipinski definition) is 2. The topological polar surface area (TPSA) is 58.2 Å². The van der Waals surface area contributed by atoms with Crippen LogP contribution in [-0.4, -0.2) is 14.7 Å². The highest BCUT2D eigenvalue weighted by molar-refractivity contribution is 7.92. The van der Waals surface area contributed by atoms with Crippen LogP contribution >= 0.6 is 11.6 Å². The summed E-state index contributed by atoms with van der Waals surface area (Å²) in [4.78, 5) is 0. The third kappa shape index (κ3) is 4.91. The minimum atomic E-state index is -3.52. The molecular formula is C14H14ClFN2O2S. The van der Waals surface area contributed by atoms with Gasteiger partial charge in [-0.25, -0.2) is 12.8 Å². The number of anilines is 2. The van der Waals surface area contributed by atoms with Gasteiger partial charge < -0.3 is 5.32 Å². The van der Waals surface area contributed by atoms with Gasteiger partial charge in [0.2, 0.25) is 10.0 Å².